The van der Waals surface area contributed by atoms with Gasteiger partial charge in [0.2, 0.25) is 5.91 Å². The van der Waals surface area contributed by atoms with E-state index >= 15 is 0 Å². The van der Waals surface area contributed by atoms with Crippen LogP contribution < -0.4 is 25.3 Å². The summed E-state index contributed by atoms with van der Waals surface area (Å²) in [5.41, 5.74) is 7.46. The number of carboxylic acid groups (broad SMARTS) is 1. The number of carbonyl (C=O) groups is 3. The van der Waals surface area contributed by atoms with E-state index in [0.29, 0.717) is 23.8 Å². The Bertz CT molecular complexity index is 1440. The molecule has 0 heterocycles. The number of nitrogens with one attached hydrogen (secondary N) is 1. The summed E-state index contributed by atoms with van der Waals surface area (Å²) in [7, 11) is 4.52. The molecule has 0 saturated heterocycles. The minimum absolute atomic E-state index is 0.0107. The molecule has 0 spiro atoms. The molecule has 4 rings (SSSR count). The van der Waals surface area contributed by atoms with E-state index in [4.69, 9.17) is 29.8 Å². The lowest BCUT2D eigenvalue weighted by molar-refractivity contribution is -0.192. The summed E-state index contributed by atoms with van der Waals surface area (Å²) in [5.74, 6) is -1.93. The number of nitrogens with two attached hydrogens (primary N) is 1. The van der Waals surface area contributed by atoms with Crippen molar-refractivity contribution in [1.82, 2.24) is 5.32 Å². The van der Waals surface area contributed by atoms with Crippen LogP contribution in [0.1, 0.15) is 68.9 Å². The van der Waals surface area contributed by atoms with Gasteiger partial charge in [-0.05, 0) is 60.6 Å². The first-order valence-corrected chi connectivity index (χ1v) is 15.2. The standard InChI is InChI=1S/C31H40FN3O5.C2HF3O2/c1-38-26-12-9-21(16-28(26)40-3)17-29(37)35-30(33)34-24(15-20-7-5-4-6-8-20)25(36)19-31(13-14-31)22-10-11-23(32)27(18-22)39-2;3-2(4,5)1(6)7/h9-12,16,18,20,24H,4-8,13-15,17,19H2,1-3H3,(H3,33,34,35,37);(H,6,7)/t24-;/m1./s1. The van der Waals surface area contributed by atoms with Crippen LogP contribution >= 0.6 is 0 Å². The number of nitrogens with zero attached hydrogens (tertiary/aromatic N) is 1. The average molecular weight is 668 g/mol. The van der Waals surface area contributed by atoms with Crippen molar-refractivity contribution < 1.29 is 51.3 Å². The molecular weight excluding hydrogens is 626 g/mol. The zero-order valence-corrected chi connectivity index (χ0v) is 26.6. The Morgan fingerprint density at radius 2 is 1.60 bits per heavy atom. The highest BCUT2D eigenvalue weighted by Gasteiger charge is 2.47. The number of ether oxygens (including phenoxy) is 3. The van der Waals surface area contributed by atoms with Gasteiger partial charge in [-0.3, -0.25) is 14.9 Å². The highest BCUT2D eigenvalue weighted by atomic mass is 19.4. The van der Waals surface area contributed by atoms with E-state index in [-0.39, 0.29) is 41.7 Å². The molecule has 14 heteroatoms. The quantitative estimate of drug-likeness (QED) is 0.153. The first-order valence-electron chi connectivity index (χ1n) is 15.2. The predicted molar refractivity (Wildman–Crippen MR) is 165 cm³/mol. The smallest absolute Gasteiger partial charge is 0.490 e. The number of alkyl halides is 3. The van der Waals surface area contributed by atoms with Crippen LogP contribution in [0.4, 0.5) is 17.6 Å². The maximum Gasteiger partial charge on any atom is 0.490 e. The summed E-state index contributed by atoms with van der Waals surface area (Å²) in [4.78, 5) is 39.9. The van der Waals surface area contributed by atoms with E-state index in [9.17, 15) is 27.2 Å². The Kier molecular flexibility index (Phi) is 13.0. The van der Waals surface area contributed by atoms with Crippen LogP contribution in [0.2, 0.25) is 0 Å². The molecule has 0 radical (unpaired) electrons. The maximum atomic E-state index is 14.0. The Balaban J connectivity index is 0.000000771. The predicted octanol–water partition coefficient (Wildman–Crippen LogP) is 5.49. The molecule has 2 fully saturated rings. The van der Waals surface area contributed by atoms with E-state index in [1.54, 1.807) is 37.4 Å². The monoisotopic (exact) mass is 667 g/mol. The molecule has 0 aromatic heterocycles. The molecule has 0 unspecified atom stereocenters. The number of halogens is 4. The third kappa shape index (κ3) is 10.9. The van der Waals surface area contributed by atoms with Crippen molar-refractivity contribution >= 4 is 23.6 Å². The minimum Gasteiger partial charge on any atom is -0.494 e. The Morgan fingerprint density at radius 1 is 0.979 bits per heavy atom. The van der Waals surface area contributed by atoms with Crippen LogP contribution in [-0.4, -0.2) is 62.3 Å². The van der Waals surface area contributed by atoms with Gasteiger partial charge in [-0.25, -0.2) is 14.2 Å². The van der Waals surface area contributed by atoms with E-state index in [1.165, 1.54) is 26.7 Å². The largest absolute Gasteiger partial charge is 0.494 e. The number of benzene rings is 2. The van der Waals surface area contributed by atoms with Crippen molar-refractivity contribution in [3.8, 4) is 17.2 Å². The molecule has 4 N–H and O–H groups in total. The SMILES string of the molecule is COc1cc(C2(CC(=O)[C@@H](CC3CCCCC3)N=C(N)NC(=O)Cc3ccc(OC)c(OC)c3)CC2)ccc1F.O=C(O)C(F)(F)F. The molecule has 2 aromatic carbocycles. The average Bonchev–Trinajstić information content (AvgIpc) is 3.81. The van der Waals surface area contributed by atoms with Gasteiger partial charge in [0.05, 0.1) is 27.8 Å². The number of aliphatic imine (C=N–C) groups is 1. The fourth-order valence-electron chi connectivity index (χ4n) is 5.72. The van der Waals surface area contributed by atoms with Gasteiger partial charge in [0.15, 0.2) is 34.8 Å². The van der Waals surface area contributed by atoms with Gasteiger partial charge >= 0.3 is 12.1 Å². The summed E-state index contributed by atoms with van der Waals surface area (Å²) >= 11 is 0. The summed E-state index contributed by atoms with van der Waals surface area (Å²) < 4.78 is 61.5. The summed E-state index contributed by atoms with van der Waals surface area (Å²) in [6, 6.07) is 9.43. The maximum absolute atomic E-state index is 14.0. The highest BCUT2D eigenvalue weighted by molar-refractivity contribution is 5.98. The first kappa shape index (κ1) is 37.1. The van der Waals surface area contributed by atoms with Crippen LogP contribution in [0.5, 0.6) is 17.2 Å². The zero-order chi connectivity index (χ0) is 34.8. The molecule has 1 atom stereocenters. The number of methoxy groups -OCH3 is 3. The van der Waals surface area contributed by atoms with Gasteiger partial charge < -0.3 is 25.1 Å². The van der Waals surface area contributed by atoms with Crippen LogP contribution in [0.3, 0.4) is 0 Å². The van der Waals surface area contributed by atoms with Gasteiger partial charge in [0, 0.05) is 11.8 Å². The fraction of sp³-hybridized carbons (Fsp3) is 0.515. The number of Topliss-reactive ketones (excluding diaryl/α,β-unsaturated/α-hetero) is 1. The fourth-order valence-corrected chi connectivity index (χ4v) is 5.72. The number of amides is 1. The number of aliphatic carboxylic acids is 1. The molecule has 0 aliphatic heterocycles. The topological polar surface area (TPSA) is 150 Å². The number of hydrogen-bond donors (Lipinski definition) is 3. The Hall–Kier alpha value is -4.36. The number of hydrogen-bond acceptors (Lipinski definition) is 7. The van der Waals surface area contributed by atoms with E-state index < -0.39 is 24.0 Å². The van der Waals surface area contributed by atoms with E-state index in [0.717, 1.165) is 49.7 Å². The van der Waals surface area contributed by atoms with Crippen molar-refractivity contribution in [2.24, 2.45) is 16.6 Å². The second-order valence-electron chi connectivity index (χ2n) is 11.8. The lowest BCUT2D eigenvalue weighted by Gasteiger charge is -2.25. The summed E-state index contributed by atoms with van der Waals surface area (Å²) in [6.07, 6.45) is 3.17. The third-order valence-corrected chi connectivity index (χ3v) is 8.40. The van der Waals surface area contributed by atoms with E-state index in [2.05, 4.69) is 10.3 Å². The molecule has 258 valence electrons. The third-order valence-electron chi connectivity index (χ3n) is 8.40. The Morgan fingerprint density at radius 3 is 2.15 bits per heavy atom. The summed E-state index contributed by atoms with van der Waals surface area (Å²) in [6.45, 7) is 0. The number of ketones is 1. The van der Waals surface area contributed by atoms with Crippen LogP contribution in [-0.2, 0) is 26.2 Å². The summed E-state index contributed by atoms with van der Waals surface area (Å²) in [5, 5.41) is 9.78. The molecule has 0 bridgehead atoms. The van der Waals surface area contributed by atoms with Crippen molar-refractivity contribution in [3.63, 3.8) is 0 Å². The molecule has 1 amide bonds. The van der Waals surface area contributed by atoms with Gasteiger partial charge in [0.25, 0.3) is 0 Å². The number of carbonyl (C=O) groups excluding carboxylic acids is 2. The zero-order valence-electron chi connectivity index (χ0n) is 26.6. The second-order valence-corrected chi connectivity index (χ2v) is 11.8. The van der Waals surface area contributed by atoms with Crippen LogP contribution in [0, 0.1) is 11.7 Å². The van der Waals surface area contributed by atoms with Crippen molar-refractivity contribution in [2.75, 3.05) is 21.3 Å². The van der Waals surface area contributed by atoms with Crippen molar-refractivity contribution in [3.05, 3.63) is 53.3 Å². The number of carboxylic acids is 1. The van der Waals surface area contributed by atoms with Gasteiger partial charge in [-0.1, -0.05) is 44.2 Å². The second kappa shape index (κ2) is 16.5. The number of rotatable bonds is 12. The van der Waals surface area contributed by atoms with Crippen molar-refractivity contribution in [2.45, 2.75) is 81.8 Å². The lowest BCUT2D eigenvalue weighted by Crippen LogP contribution is -2.40. The number of guanidine groups is 1. The molecule has 2 aliphatic rings. The molecule has 2 aliphatic carbocycles. The molecule has 2 saturated carbocycles. The minimum atomic E-state index is -5.08. The van der Waals surface area contributed by atoms with Gasteiger partial charge in [-0.15, -0.1) is 0 Å². The highest BCUT2D eigenvalue weighted by Crippen LogP contribution is 2.52. The van der Waals surface area contributed by atoms with Gasteiger partial charge in [-0.2, -0.15) is 13.2 Å². The van der Waals surface area contributed by atoms with Crippen LogP contribution in [0.25, 0.3) is 0 Å². The molecule has 2 aromatic rings. The molecular formula is C33H41F4N3O7. The van der Waals surface area contributed by atoms with Gasteiger partial charge in [0.1, 0.15) is 6.04 Å². The molecule has 10 nitrogen and oxygen atoms in total. The molecule has 47 heavy (non-hydrogen) atoms. The normalized spacial score (nSPS) is 16.6. The van der Waals surface area contributed by atoms with Crippen LogP contribution in [0.15, 0.2) is 41.4 Å². The van der Waals surface area contributed by atoms with Crippen molar-refractivity contribution in [1.29, 1.82) is 0 Å². The Labute approximate surface area is 270 Å². The lowest BCUT2D eigenvalue weighted by atomic mass is 9.82. The first-order chi connectivity index (χ1) is 22.2. The van der Waals surface area contributed by atoms with E-state index in [1.807, 2.05) is 0 Å².